The lowest BCUT2D eigenvalue weighted by atomic mass is 10.2. The molecule has 0 aliphatic rings. The first-order valence-electron chi connectivity index (χ1n) is 5.20. The number of para-hydroxylation sites is 1. The van der Waals surface area contributed by atoms with Crippen LogP contribution in [0.1, 0.15) is 5.56 Å². The van der Waals surface area contributed by atoms with E-state index in [1.54, 1.807) is 6.07 Å². The predicted molar refractivity (Wildman–Crippen MR) is 68.3 cm³/mol. The molecule has 0 N–H and O–H groups in total. The molecule has 0 atom stereocenters. The molecule has 17 heavy (non-hydrogen) atoms. The van der Waals surface area contributed by atoms with Gasteiger partial charge < -0.3 is 4.42 Å². The molecule has 0 unspecified atom stereocenters. The summed E-state index contributed by atoms with van der Waals surface area (Å²) in [6, 6.07) is 9.29. The van der Waals surface area contributed by atoms with E-state index in [2.05, 4.69) is 4.98 Å². The number of aryl methyl sites for hydroxylation is 1. The van der Waals surface area contributed by atoms with Gasteiger partial charge in [0.1, 0.15) is 5.58 Å². The molecule has 2 heterocycles. The third kappa shape index (κ3) is 1.66. The molecule has 3 rings (SSSR count). The van der Waals surface area contributed by atoms with Crippen molar-refractivity contribution in [3.8, 4) is 10.8 Å². The van der Waals surface area contributed by atoms with Gasteiger partial charge in [0.15, 0.2) is 0 Å². The first kappa shape index (κ1) is 10.2. The maximum absolute atomic E-state index is 11.9. The van der Waals surface area contributed by atoms with Crippen molar-refractivity contribution in [1.29, 1.82) is 0 Å². The van der Waals surface area contributed by atoms with Crippen LogP contribution in [0.25, 0.3) is 21.7 Å². The van der Waals surface area contributed by atoms with Crippen LogP contribution in [0.15, 0.2) is 44.9 Å². The van der Waals surface area contributed by atoms with Gasteiger partial charge in [0.25, 0.3) is 5.56 Å². The quantitative estimate of drug-likeness (QED) is 0.659. The summed E-state index contributed by atoms with van der Waals surface area (Å²) >= 11 is 1.50. The second-order valence-corrected chi connectivity index (χ2v) is 4.70. The zero-order valence-corrected chi connectivity index (χ0v) is 9.95. The van der Waals surface area contributed by atoms with Crippen LogP contribution in [0, 0.1) is 6.92 Å². The standard InChI is InChI=1S/C13H9NO2S/c1-8-4-2-5-9-11(8)16-13(14-12(9)15)10-6-3-7-17-10/h2-7H,1H3. The minimum atomic E-state index is -0.238. The van der Waals surface area contributed by atoms with Crippen LogP contribution in [-0.4, -0.2) is 4.98 Å². The number of aromatic nitrogens is 1. The van der Waals surface area contributed by atoms with Crippen molar-refractivity contribution in [1.82, 2.24) is 4.98 Å². The molecule has 0 saturated heterocycles. The largest absolute Gasteiger partial charge is 0.436 e. The maximum atomic E-state index is 11.9. The summed E-state index contributed by atoms with van der Waals surface area (Å²) in [5.74, 6) is 0.395. The minimum absolute atomic E-state index is 0.238. The minimum Gasteiger partial charge on any atom is -0.436 e. The Labute approximate surface area is 101 Å². The Morgan fingerprint density at radius 2 is 2.12 bits per heavy atom. The summed E-state index contributed by atoms with van der Waals surface area (Å²) in [6.07, 6.45) is 0. The first-order valence-corrected chi connectivity index (χ1v) is 6.08. The third-order valence-electron chi connectivity index (χ3n) is 2.58. The zero-order valence-electron chi connectivity index (χ0n) is 9.14. The number of thiophene rings is 1. The lowest BCUT2D eigenvalue weighted by Crippen LogP contribution is -2.07. The molecule has 0 fully saturated rings. The molecule has 3 nitrogen and oxygen atoms in total. The van der Waals surface area contributed by atoms with E-state index in [1.807, 2.05) is 36.6 Å². The maximum Gasteiger partial charge on any atom is 0.284 e. The topological polar surface area (TPSA) is 43.1 Å². The lowest BCUT2D eigenvalue weighted by Gasteiger charge is -2.01. The fraction of sp³-hybridized carbons (Fsp3) is 0.0769. The Kier molecular flexibility index (Phi) is 2.30. The molecule has 2 aromatic heterocycles. The van der Waals surface area contributed by atoms with E-state index >= 15 is 0 Å². The predicted octanol–water partition coefficient (Wildman–Crippen LogP) is 3.22. The average Bonchev–Trinajstić information content (AvgIpc) is 2.84. The van der Waals surface area contributed by atoms with Crippen LogP contribution in [0.4, 0.5) is 0 Å². The van der Waals surface area contributed by atoms with Crippen LogP contribution in [-0.2, 0) is 0 Å². The van der Waals surface area contributed by atoms with E-state index in [0.717, 1.165) is 10.4 Å². The van der Waals surface area contributed by atoms with Crippen LogP contribution in [0.2, 0.25) is 0 Å². The van der Waals surface area contributed by atoms with Gasteiger partial charge in [-0.25, -0.2) is 0 Å². The molecular weight excluding hydrogens is 234 g/mol. The van der Waals surface area contributed by atoms with Gasteiger partial charge in [-0.1, -0.05) is 18.2 Å². The van der Waals surface area contributed by atoms with Crippen LogP contribution in [0.3, 0.4) is 0 Å². The van der Waals surface area contributed by atoms with E-state index in [4.69, 9.17) is 4.42 Å². The Morgan fingerprint density at radius 1 is 1.24 bits per heavy atom. The molecule has 0 amide bonds. The molecule has 0 spiro atoms. The molecule has 1 aromatic carbocycles. The molecule has 0 radical (unpaired) electrons. The van der Waals surface area contributed by atoms with Crippen LogP contribution in [0.5, 0.6) is 0 Å². The van der Waals surface area contributed by atoms with Crippen LogP contribution >= 0.6 is 11.3 Å². The summed E-state index contributed by atoms with van der Waals surface area (Å²) in [4.78, 5) is 16.7. The van der Waals surface area contributed by atoms with Crippen molar-refractivity contribution in [2.75, 3.05) is 0 Å². The molecular formula is C13H9NO2S. The molecule has 3 aromatic rings. The van der Waals surface area contributed by atoms with Gasteiger partial charge in [0.05, 0.1) is 10.3 Å². The van der Waals surface area contributed by atoms with Crippen LogP contribution < -0.4 is 5.56 Å². The SMILES string of the molecule is Cc1cccc2c(=O)nc(-c3cccs3)oc12. The van der Waals surface area contributed by atoms with E-state index in [1.165, 1.54) is 11.3 Å². The summed E-state index contributed by atoms with van der Waals surface area (Å²) < 4.78 is 5.72. The molecule has 0 aliphatic carbocycles. The Bertz CT molecular complexity index is 729. The highest BCUT2D eigenvalue weighted by Crippen LogP contribution is 2.25. The van der Waals surface area contributed by atoms with Gasteiger partial charge in [0.2, 0.25) is 5.89 Å². The average molecular weight is 243 g/mol. The van der Waals surface area contributed by atoms with Crippen molar-refractivity contribution in [2.45, 2.75) is 6.92 Å². The van der Waals surface area contributed by atoms with E-state index in [-0.39, 0.29) is 5.56 Å². The van der Waals surface area contributed by atoms with E-state index in [9.17, 15) is 4.79 Å². The van der Waals surface area contributed by atoms with Gasteiger partial charge in [-0.15, -0.1) is 11.3 Å². The van der Waals surface area contributed by atoms with Crippen molar-refractivity contribution >= 4 is 22.3 Å². The normalized spacial score (nSPS) is 10.9. The molecule has 0 bridgehead atoms. The summed E-state index contributed by atoms with van der Waals surface area (Å²) in [5, 5.41) is 2.46. The van der Waals surface area contributed by atoms with Crippen molar-refractivity contribution in [3.63, 3.8) is 0 Å². The number of benzene rings is 1. The van der Waals surface area contributed by atoms with Crippen molar-refractivity contribution in [3.05, 3.63) is 51.6 Å². The Morgan fingerprint density at radius 3 is 2.88 bits per heavy atom. The second kappa shape index (κ2) is 3.82. The van der Waals surface area contributed by atoms with Crippen molar-refractivity contribution in [2.24, 2.45) is 0 Å². The summed E-state index contributed by atoms with van der Waals surface area (Å²) in [5.41, 5.74) is 1.33. The number of hydrogen-bond donors (Lipinski definition) is 0. The van der Waals surface area contributed by atoms with E-state index < -0.39 is 0 Å². The Balaban J connectivity index is 2.38. The molecule has 0 aliphatic heterocycles. The highest BCUT2D eigenvalue weighted by atomic mass is 32.1. The van der Waals surface area contributed by atoms with Gasteiger partial charge in [-0.2, -0.15) is 4.98 Å². The fourth-order valence-corrected chi connectivity index (χ4v) is 2.38. The number of fused-ring (bicyclic) bond motifs is 1. The molecule has 4 heteroatoms. The number of nitrogens with zero attached hydrogens (tertiary/aromatic N) is 1. The number of rotatable bonds is 1. The summed E-state index contributed by atoms with van der Waals surface area (Å²) in [6.45, 7) is 1.92. The zero-order chi connectivity index (χ0) is 11.8. The summed E-state index contributed by atoms with van der Waals surface area (Å²) in [7, 11) is 0. The fourth-order valence-electron chi connectivity index (χ4n) is 1.73. The number of hydrogen-bond acceptors (Lipinski definition) is 4. The van der Waals surface area contributed by atoms with Crippen molar-refractivity contribution < 1.29 is 4.42 Å². The highest BCUT2D eigenvalue weighted by molar-refractivity contribution is 7.13. The van der Waals surface area contributed by atoms with Gasteiger partial charge in [-0.05, 0) is 30.0 Å². The molecule has 0 saturated carbocycles. The van der Waals surface area contributed by atoms with Gasteiger partial charge >= 0.3 is 0 Å². The third-order valence-corrected chi connectivity index (χ3v) is 3.43. The lowest BCUT2D eigenvalue weighted by molar-refractivity contribution is 0.594. The second-order valence-electron chi connectivity index (χ2n) is 3.75. The van der Waals surface area contributed by atoms with Gasteiger partial charge in [-0.3, -0.25) is 4.79 Å². The molecule has 84 valence electrons. The highest BCUT2D eigenvalue weighted by Gasteiger charge is 2.10. The smallest absolute Gasteiger partial charge is 0.284 e. The monoisotopic (exact) mass is 243 g/mol. The van der Waals surface area contributed by atoms with E-state index in [0.29, 0.717) is 16.9 Å². The Hall–Kier alpha value is -1.94. The first-order chi connectivity index (χ1) is 8.25. The van der Waals surface area contributed by atoms with Gasteiger partial charge in [0, 0.05) is 0 Å².